The summed E-state index contributed by atoms with van der Waals surface area (Å²) in [5.74, 6) is -0.344. The number of hydrogen-bond acceptors (Lipinski definition) is 2. The molecule has 0 unspecified atom stereocenters. The molecule has 0 radical (unpaired) electrons. The van der Waals surface area contributed by atoms with Crippen molar-refractivity contribution in [2.45, 2.75) is 24.9 Å². The van der Waals surface area contributed by atoms with Gasteiger partial charge in [0.25, 0.3) is 5.91 Å². The number of alkyl halides is 3. The minimum atomic E-state index is -4.38. The molecule has 3 rings (SSSR count). The zero-order valence-electron chi connectivity index (χ0n) is 13.3. The molecule has 7 heteroatoms. The van der Waals surface area contributed by atoms with Crippen molar-refractivity contribution < 1.29 is 18.0 Å². The number of nitrogens with zero attached hydrogens (tertiary/aromatic N) is 2. The highest BCUT2D eigenvalue weighted by molar-refractivity contribution is 5.94. The van der Waals surface area contributed by atoms with Crippen molar-refractivity contribution in [1.82, 2.24) is 9.88 Å². The van der Waals surface area contributed by atoms with Gasteiger partial charge < -0.3 is 9.88 Å². The van der Waals surface area contributed by atoms with Crippen molar-refractivity contribution in [2.75, 3.05) is 13.1 Å². The van der Waals surface area contributed by atoms with Crippen molar-refractivity contribution in [1.29, 1.82) is 5.26 Å². The first-order valence-corrected chi connectivity index (χ1v) is 7.93. The molecular weight excluding hydrogens is 331 g/mol. The lowest BCUT2D eigenvalue weighted by Gasteiger charge is -2.33. The number of benzene rings is 1. The van der Waals surface area contributed by atoms with E-state index in [2.05, 4.69) is 4.98 Å². The summed E-state index contributed by atoms with van der Waals surface area (Å²) in [5.41, 5.74) is 0.618. The second kappa shape index (κ2) is 6.63. The Bertz CT molecular complexity index is 819. The Kier molecular flexibility index (Phi) is 4.53. The summed E-state index contributed by atoms with van der Waals surface area (Å²) in [6.45, 7) is 0.925. The summed E-state index contributed by atoms with van der Waals surface area (Å²) in [5, 5.41) is 8.83. The summed E-state index contributed by atoms with van der Waals surface area (Å²) in [4.78, 5) is 16.9. The molecule has 1 aliphatic heterocycles. The number of carbonyl (C=O) groups is 1. The molecule has 1 aromatic heterocycles. The average molecular weight is 347 g/mol. The average Bonchev–Trinajstić information content (AvgIpc) is 3.10. The quantitative estimate of drug-likeness (QED) is 0.895. The zero-order chi connectivity index (χ0) is 18.0. The normalized spacial score (nSPS) is 18.0. The molecule has 25 heavy (non-hydrogen) atoms. The van der Waals surface area contributed by atoms with Gasteiger partial charge in [0, 0.05) is 25.2 Å². The van der Waals surface area contributed by atoms with Crippen molar-refractivity contribution in [2.24, 2.45) is 0 Å². The van der Waals surface area contributed by atoms with Gasteiger partial charge in [-0.2, -0.15) is 18.4 Å². The van der Waals surface area contributed by atoms with E-state index in [1.54, 1.807) is 11.0 Å². The van der Waals surface area contributed by atoms with Crippen LogP contribution in [0.1, 0.15) is 45.9 Å². The Morgan fingerprint density at radius 2 is 2.12 bits per heavy atom. The summed E-state index contributed by atoms with van der Waals surface area (Å²) < 4.78 is 38.7. The number of H-pyrrole nitrogens is 1. The standard InChI is InChI=1S/C18H16F3N3O/c19-18(20,21)15-5-1-3-12(7-15)13-4-2-6-24(11-13)17(25)14-8-16(9-22)23-10-14/h1,3,5,7-8,10,13,23H,2,4,6,11H2/t13-/m1/s1. The van der Waals surface area contributed by atoms with Crippen LogP contribution >= 0.6 is 0 Å². The number of aromatic nitrogens is 1. The van der Waals surface area contributed by atoms with Gasteiger partial charge in [-0.25, -0.2) is 0 Å². The second-order valence-corrected chi connectivity index (χ2v) is 6.13. The summed E-state index contributed by atoms with van der Waals surface area (Å²) in [6.07, 6.45) is -1.43. The number of likely N-dealkylation sites (tertiary alicyclic amines) is 1. The molecule has 1 aromatic carbocycles. The molecular formula is C18H16F3N3O. The van der Waals surface area contributed by atoms with Gasteiger partial charge in [0.1, 0.15) is 11.8 Å². The largest absolute Gasteiger partial charge is 0.416 e. The predicted octanol–water partition coefficient (Wildman–Crippen LogP) is 3.92. The fraction of sp³-hybridized carbons (Fsp3) is 0.333. The van der Waals surface area contributed by atoms with Crippen LogP contribution in [0.3, 0.4) is 0 Å². The lowest BCUT2D eigenvalue weighted by molar-refractivity contribution is -0.137. The number of carbonyl (C=O) groups excluding carboxylic acids is 1. The van der Waals surface area contributed by atoms with Gasteiger partial charge in [0.05, 0.1) is 11.1 Å². The van der Waals surface area contributed by atoms with E-state index in [9.17, 15) is 18.0 Å². The minimum absolute atomic E-state index is 0.130. The molecule has 2 heterocycles. The smallest absolute Gasteiger partial charge is 0.352 e. The van der Waals surface area contributed by atoms with Gasteiger partial charge >= 0.3 is 6.18 Å². The van der Waals surface area contributed by atoms with Crippen LogP contribution in [0.2, 0.25) is 0 Å². The van der Waals surface area contributed by atoms with Crippen LogP contribution < -0.4 is 0 Å². The maximum absolute atomic E-state index is 12.9. The van der Waals surface area contributed by atoms with Crippen LogP contribution in [-0.2, 0) is 6.18 Å². The Labute approximate surface area is 142 Å². The van der Waals surface area contributed by atoms with E-state index >= 15 is 0 Å². The molecule has 4 nitrogen and oxygen atoms in total. The number of nitrogens with one attached hydrogen (secondary N) is 1. The number of hydrogen-bond donors (Lipinski definition) is 1. The molecule has 0 saturated carbocycles. The Balaban J connectivity index is 1.77. The molecule has 1 aliphatic rings. The van der Waals surface area contributed by atoms with E-state index in [1.165, 1.54) is 24.4 Å². The third kappa shape index (κ3) is 3.68. The van der Waals surface area contributed by atoms with Gasteiger partial charge in [-0.05, 0) is 30.5 Å². The number of amides is 1. The zero-order valence-corrected chi connectivity index (χ0v) is 13.3. The first-order chi connectivity index (χ1) is 11.9. The monoisotopic (exact) mass is 347 g/mol. The Hall–Kier alpha value is -2.75. The van der Waals surface area contributed by atoms with Gasteiger partial charge in [0.15, 0.2) is 0 Å². The first kappa shape index (κ1) is 17.1. The fourth-order valence-electron chi connectivity index (χ4n) is 3.17. The highest BCUT2D eigenvalue weighted by Crippen LogP contribution is 2.33. The third-order valence-electron chi connectivity index (χ3n) is 4.44. The second-order valence-electron chi connectivity index (χ2n) is 6.13. The summed E-state index contributed by atoms with van der Waals surface area (Å²) in [7, 11) is 0. The lowest BCUT2D eigenvalue weighted by Crippen LogP contribution is -2.39. The highest BCUT2D eigenvalue weighted by atomic mass is 19.4. The molecule has 1 N–H and O–H groups in total. The van der Waals surface area contributed by atoms with Crippen LogP contribution in [-0.4, -0.2) is 28.9 Å². The molecule has 0 aliphatic carbocycles. The summed E-state index contributed by atoms with van der Waals surface area (Å²) >= 11 is 0. The molecule has 1 amide bonds. The van der Waals surface area contributed by atoms with E-state index in [0.717, 1.165) is 18.9 Å². The molecule has 1 saturated heterocycles. The van der Waals surface area contributed by atoms with Crippen LogP contribution in [0.25, 0.3) is 0 Å². The van der Waals surface area contributed by atoms with E-state index in [1.807, 2.05) is 6.07 Å². The van der Waals surface area contributed by atoms with Crippen molar-refractivity contribution in [3.8, 4) is 6.07 Å². The SMILES string of the molecule is N#Cc1cc(C(=O)N2CCC[C@@H](c3cccc(C(F)(F)F)c3)C2)c[nH]1. The van der Waals surface area contributed by atoms with Crippen molar-refractivity contribution in [3.05, 3.63) is 58.9 Å². The van der Waals surface area contributed by atoms with E-state index in [0.29, 0.717) is 29.9 Å². The number of halogens is 3. The maximum atomic E-state index is 12.9. The molecule has 2 aromatic rings. The van der Waals surface area contributed by atoms with Crippen LogP contribution in [0.4, 0.5) is 13.2 Å². The van der Waals surface area contributed by atoms with Crippen LogP contribution in [0.15, 0.2) is 36.5 Å². The molecule has 1 fully saturated rings. The molecule has 0 spiro atoms. The minimum Gasteiger partial charge on any atom is -0.352 e. The number of nitriles is 1. The van der Waals surface area contributed by atoms with Gasteiger partial charge in [-0.3, -0.25) is 4.79 Å². The van der Waals surface area contributed by atoms with E-state index < -0.39 is 11.7 Å². The molecule has 130 valence electrons. The van der Waals surface area contributed by atoms with Crippen LogP contribution in [0, 0.1) is 11.3 Å². The Morgan fingerprint density at radius 1 is 1.32 bits per heavy atom. The Morgan fingerprint density at radius 3 is 2.80 bits per heavy atom. The summed E-state index contributed by atoms with van der Waals surface area (Å²) in [6, 6.07) is 8.72. The highest BCUT2D eigenvalue weighted by Gasteiger charge is 2.32. The van der Waals surface area contributed by atoms with Crippen molar-refractivity contribution >= 4 is 5.91 Å². The molecule has 1 atom stereocenters. The van der Waals surface area contributed by atoms with E-state index in [4.69, 9.17) is 5.26 Å². The van der Waals surface area contributed by atoms with Crippen molar-refractivity contribution in [3.63, 3.8) is 0 Å². The predicted molar refractivity (Wildman–Crippen MR) is 84.8 cm³/mol. The maximum Gasteiger partial charge on any atom is 0.416 e. The molecule has 0 bridgehead atoms. The third-order valence-corrected chi connectivity index (χ3v) is 4.44. The van der Waals surface area contributed by atoms with Gasteiger partial charge in [0.2, 0.25) is 0 Å². The lowest BCUT2D eigenvalue weighted by atomic mass is 9.89. The van der Waals surface area contributed by atoms with Gasteiger partial charge in [-0.15, -0.1) is 0 Å². The number of piperidine rings is 1. The van der Waals surface area contributed by atoms with Gasteiger partial charge in [-0.1, -0.05) is 18.2 Å². The number of aromatic amines is 1. The van der Waals surface area contributed by atoms with Crippen LogP contribution in [0.5, 0.6) is 0 Å². The topological polar surface area (TPSA) is 59.9 Å². The van der Waals surface area contributed by atoms with E-state index in [-0.39, 0.29) is 11.8 Å². The number of rotatable bonds is 2. The fourth-order valence-corrected chi connectivity index (χ4v) is 3.17. The first-order valence-electron chi connectivity index (χ1n) is 7.93.